The number of urea groups is 1. The van der Waals surface area contributed by atoms with Crippen molar-refractivity contribution in [2.45, 2.75) is 83.3 Å². The fourth-order valence-corrected chi connectivity index (χ4v) is 5.74. The topological polar surface area (TPSA) is 62.8 Å². The van der Waals surface area contributed by atoms with Crippen molar-refractivity contribution in [1.82, 2.24) is 15.5 Å². The van der Waals surface area contributed by atoms with E-state index < -0.39 is 0 Å². The lowest BCUT2D eigenvalue weighted by Gasteiger charge is -2.38. The molecule has 1 heterocycles. The molecule has 3 unspecified atom stereocenters. The Kier molecular flexibility index (Phi) is 12.9. The molecule has 1 aliphatic carbocycles. The molecule has 1 aromatic rings. The Labute approximate surface area is 213 Å². The zero-order chi connectivity index (χ0) is 24.7. The van der Waals surface area contributed by atoms with Crippen molar-refractivity contribution in [1.29, 1.82) is 0 Å². The number of hydrogen-bond donors (Lipinski definition) is 2. The van der Waals surface area contributed by atoms with Crippen molar-refractivity contribution in [3.05, 3.63) is 35.9 Å². The van der Waals surface area contributed by atoms with Gasteiger partial charge in [-0.25, -0.2) is 4.79 Å². The first-order valence-electron chi connectivity index (χ1n) is 14.2. The average molecular weight is 488 g/mol. The zero-order valence-electron chi connectivity index (χ0n) is 22.2. The van der Waals surface area contributed by atoms with Gasteiger partial charge in [0.05, 0.1) is 6.10 Å². The maximum absolute atomic E-state index is 13.3. The van der Waals surface area contributed by atoms with Crippen molar-refractivity contribution in [2.75, 3.05) is 46.5 Å². The van der Waals surface area contributed by atoms with Crippen molar-refractivity contribution in [3.63, 3.8) is 0 Å². The van der Waals surface area contributed by atoms with Gasteiger partial charge in [0.1, 0.15) is 0 Å². The van der Waals surface area contributed by atoms with Gasteiger partial charge in [0, 0.05) is 51.4 Å². The number of likely N-dealkylation sites (N-methyl/N-ethyl adjacent to an activating group) is 1. The summed E-state index contributed by atoms with van der Waals surface area (Å²) < 4.78 is 12.1. The summed E-state index contributed by atoms with van der Waals surface area (Å²) in [5.74, 6) is 1.04. The summed E-state index contributed by atoms with van der Waals surface area (Å²) in [6.07, 6.45) is 11.8. The SMILES string of the molecule is CCCOCCCOC(c1ccccc1)C1CCCN(C(=O)NC(CNC)CC2CCCCC2)C1. The lowest BCUT2D eigenvalue weighted by molar-refractivity contribution is -0.0189. The molecule has 0 spiro atoms. The minimum Gasteiger partial charge on any atom is -0.381 e. The van der Waals surface area contributed by atoms with E-state index in [0.29, 0.717) is 12.5 Å². The molecule has 1 saturated carbocycles. The Bertz CT molecular complexity index is 696. The predicted octanol–water partition coefficient (Wildman–Crippen LogP) is 5.54. The minimum absolute atomic E-state index is 0.00770. The van der Waals surface area contributed by atoms with Gasteiger partial charge in [-0.3, -0.25) is 0 Å². The van der Waals surface area contributed by atoms with Crippen LogP contribution in [0, 0.1) is 11.8 Å². The highest BCUT2D eigenvalue weighted by Gasteiger charge is 2.32. The zero-order valence-corrected chi connectivity index (χ0v) is 22.2. The molecule has 2 amide bonds. The molecule has 35 heavy (non-hydrogen) atoms. The van der Waals surface area contributed by atoms with Gasteiger partial charge in [0.15, 0.2) is 0 Å². The molecule has 1 saturated heterocycles. The molecule has 2 N–H and O–H groups in total. The summed E-state index contributed by atoms with van der Waals surface area (Å²) in [7, 11) is 1.98. The van der Waals surface area contributed by atoms with Crippen LogP contribution in [0.25, 0.3) is 0 Å². The Morgan fingerprint density at radius 1 is 1.06 bits per heavy atom. The Morgan fingerprint density at radius 3 is 2.60 bits per heavy atom. The molecule has 6 heteroatoms. The number of likely N-dealkylation sites (tertiary alicyclic amines) is 1. The van der Waals surface area contributed by atoms with Crippen molar-refractivity contribution < 1.29 is 14.3 Å². The van der Waals surface area contributed by atoms with E-state index in [0.717, 1.165) is 70.9 Å². The highest BCUT2D eigenvalue weighted by atomic mass is 16.5. The van der Waals surface area contributed by atoms with Gasteiger partial charge in [0.2, 0.25) is 0 Å². The molecule has 6 nitrogen and oxygen atoms in total. The Morgan fingerprint density at radius 2 is 1.86 bits per heavy atom. The summed E-state index contributed by atoms with van der Waals surface area (Å²) in [6, 6.07) is 10.8. The molecule has 3 rings (SSSR count). The van der Waals surface area contributed by atoms with E-state index in [-0.39, 0.29) is 18.2 Å². The first kappa shape index (κ1) is 27.9. The number of nitrogens with zero attached hydrogens (tertiary/aromatic N) is 1. The van der Waals surface area contributed by atoms with Crippen LogP contribution in [0.3, 0.4) is 0 Å². The van der Waals surface area contributed by atoms with E-state index in [4.69, 9.17) is 9.47 Å². The molecular formula is C29H49N3O3. The second-order valence-electron chi connectivity index (χ2n) is 10.5. The predicted molar refractivity (Wildman–Crippen MR) is 143 cm³/mol. The number of nitrogens with one attached hydrogen (secondary N) is 2. The minimum atomic E-state index is 0.00770. The highest BCUT2D eigenvalue weighted by Crippen LogP contribution is 2.33. The van der Waals surface area contributed by atoms with E-state index in [1.54, 1.807) is 0 Å². The summed E-state index contributed by atoms with van der Waals surface area (Å²) in [6.45, 7) is 6.75. The van der Waals surface area contributed by atoms with E-state index in [2.05, 4.69) is 41.8 Å². The first-order chi connectivity index (χ1) is 17.2. The second kappa shape index (κ2) is 16.2. The van der Waals surface area contributed by atoms with E-state index in [1.807, 2.05) is 18.0 Å². The quantitative estimate of drug-likeness (QED) is 0.338. The fraction of sp³-hybridized carbons (Fsp3) is 0.759. The summed E-state index contributed by atoms with van der Waals surface area (Å²) >= 11 is 0. The van der Waals surface area contributed by atoms with Crippen LogP contribution < -0.4 is 10.6 Å². The van der Waals surface area contributed by atoms with Gasteiger partial charge in [-0.2, -0.15) is 0 Å². The van der Waals surface area contributed by atoms with Crippen molar-refractivity contribution in [2.24, 2.45) is 11.8 Å². The third-order valence-electron chi connectivity index (χ3n) is 7.50. The van der Waals surface area contributed by atoms with Crippen molar-refractivity contribution in [3.8, 4) is 0 Å². The number of ether oxygens (including phenoxy) is 2. The lowest BCUT2D eigenvalue weighted by Crippen LogP contribution is -2.52. The molecule has 1 aromatic carbocycles. The summed E-state index contributed by atoms with van der Waals surface area (Å²) in [5, 5.41) is 6.67. The van der Waals surface area contributed by atoms with Gasteiger partial charge >= 0.3 is 6.03 Å². The van der Waals surface area contributed by atoms with Crippen LogP contribution >= 0.6 is 0 Å². The molecule has 0 aromatic heterocycles. The lowest BCUT2D eigenvalue weighted by atomic mass is 9.85. The third kappa shape index (κ3) is 9.74. The van der Waals surface area contributed by atoms with Gasteiger partial charge in [-0.1, -0.05) is 69.4 Å². The number of hydrogen-bond acceptors (Lipinski definition) is 4. The number of carbonyl (C=O) groups is 1. The largest absolute Gasteiger partial charge is 0.381 e. The van der Waals surface area contributed by atoms with Crippen LogP contribution in [-0.4, -0.2) is 63.5 Å². The van der Waals surface area contributed by atoms with Gasteiger partial charge in [-0.05, 0) is 50.6 Å². The molecular weight excluding hydrogens is 438 g/mol. The van der Waals surface area contributed by atoms with Gasteiger partial charge in [0.25, 0.3) is 0 Å². The van der Waals surface area contributed by atoms with Gasteiger partial charge in [-0.15, -0.1) is 0 Å². The molecule has 3 atom stereocenters. The number of carbonyl (C=O) groups excluding carboxylic acids is 1. The van der Waals surface area contributed by atoms with Gasteiger partial charge < -0.3 is 25.0 Å². The Hall–Kier alpha value is -1.63. The van der Waals surface area contributed by atoms with Crippen LogP contribution in [0.1, 0.15) is 82.8 Å². The summed E-state index contributed by atoms with van der Waals surface area (Å²) in [5.41, 5.74) is 1.21. The van der Waals surface area contributed by atoms with Crippen molar-refractivity contribution >= 4 is 6.03 Å². The Balaban J connectivity index is 1.56. The van der Waals surface area contributed by atoms with Crippen LogP contribution in [-0.2, 0) is 9.47 Å². The number of benzene rings is 1. The number of rotatable bonds is 14. The van der Waals surface area contributed by atoms with Crippen LogP contribution in [0.2, 0.25) is 0 Å². The van der Waals surface area contributed by atoms with Crippen LogP contribution in [0.4, 0.5) is 4.79 Å². The molecule has 0 radical (unpaired) electrons. The molecule has 2 aliphatic rings. The third-order valence-corrected chi connectivity index (χ3v) is 7.50. The molecule has 2 fully saturated rings. The van der Waals surface area contributed by atoms with Crippen LogP contribution in [0.5, 0.6) is 0 Å². The molecule has 1 aliphatic heterocycles. The number of amides is 2. The number of piperidine rings is 1. The van der Waals surface area contributed by atoms with E-state index >= 15 is 0 Å². The van der Waals surface area contributed by atoms with Crippen LogP contribution in [0.15, 0.2) is 30.3 Å². The fourth-order valence-electron chi connectivity index (χ4n) is 5.74. The normalized spacial score (nSPS) is 21.0. The van der Waals surface area contributed by atoms with E-state index in [9.17, 15) is 4.79 Å². The molecule has 198 valence electrons. The highest BCUT2D eigenvalue weighted by molar-refractivity contribution is 5.74. The monoisotopic (exact) mass is 487 g/mol. The standard InChI is InChI=1S/C29H49N3O3/c1-3-18-34-19-11-20-35-28(25-14-8-5-9-15-25)26-16-10-17-32(23-26)29(33)31-27(22-30-2)21-24-12-6-4-7-13-24/h5,8-9,14-15,24,26-28,30H,3-4,6-7,10-13,16-23H2,1-2H3,(H,31,33). The van der Waals surface area contributed by atoms with E-state index in [1.165, 1.54) is 37.7 Å². The second-order valence-corrected chi connectivity index (χ2v) is 10.5. The first-order valence-corrected chi connectivity index (χ1v) is 14.2. The summed E-state index contributed by atoms with van der Waals surface area (Å²) in [4.78, 5) is 15.3. The molecule has 0 bridgehead atoms. The smallest absolute Gasteiger partial charge is 0.317 e. The average Bonchev–Trinajstić information content (AvgIpc) is 2.89. The maximum atomic E-state index is 13.3. The maximum Gasteiger partial charge on any atom is 0.317 e.